The van der Waals surface area contributed by atoms with E-state index in [9.17, 15) is 4.79 Å². The monoisotopic (exact) mass is 341 g/mol. The molecular weight excluding hydrogens is 314 g/mol. The van der Waals surface area contributed by atoms with Crippen LogP contribution in [0.1, 0.15) is 41.8 Å². The molecular formula is C17H28ClN3O2. The molecule has 0 saturated heterocycles. The lowest BCUT2D eigenvalue weighted by molar-refractivity contribution is 0.0357. The number of benzene rings is 1. The highest BCUT2D eigenvalue weighted by atomic mass is 35.5. The minimum atomic E-state index is -0.389. The number of carbonyl (C=O) groups is 1. The van der Waals surface area contributed by atoms with Gasteiger partial charge in [-0.1, -0.05) is 19.9 Å². The second-order valence-electron chi connectivity index (χ2n) is 6.51. The summed E-state index contributed by atoms with van der Waals surface area (Å²) in [4.78, 5) is 11.5. The number of nitrogens with one attached hydrogen (secondary N) is 1. The van der Waals surface area contributed by atoms with Gasteiger partial charge in [0.05, 0.1) is 6.10 Å². The van der Waals surface area contributed by atoms with Crippen molar-refractivity contribution in [2.45, 2.75) is 44.2 Å². The molecule has 1 aliphatic rings. The third kappa shape index (κ3) is 4.04. The second-order valence-corrected chi connectivity index (χ2v) is 6.51. The van der Waals surface area contributed by atoms with Crippen molar-refractivity contribution in [1.29, 1.82) is 0 Å². The summed E-state index contributed by atoms with van der Waals surface area (Å²) in [7, 11) is 1.75. The van der Waals surface area contributed by atoms with Gasteiger partial charge in [-0.25, -0.2) is 0 Å². The molecule has 0 bridgehead atoms. The minimum Gasteiger partial charge on any atom is -0.379 e. The summed E-state index contributed by atoms with van der Waals surface area (Å²) < 4.78 is 5.72. The summed E-state index contributed by atoms with van der Waals surface area (Å²) in [6.07, 6.45) is 1.85. The SMILES string of the molecule is CO[C@@H]1Cc2ccc(C(N)=O)cc2C(C)(C)[C@H]1NCCCN.Cl. The van der Waals surface area contributed by atoms with Crippen LogP contribution >= 0.6 is 12.4 Å². The molecule has 0 fully saturated rings. The quantitative estimate of drug-likeness (QED) is 0.681. The minimum absolute atomic E-state index is 0. The fraction of sp³-hybridized carbons (Fsp3) is 0.588. The first-order valence-corrected chi connectivity index (χ1v) is 7.81. The molecule has 0 unspecified atom stereocenters. The number of primary amides is 1. The van der Waals surface area contributed by atoms with Crippen LogP contribution in [0.2, 0.25) is 0 Å². The maximum atomic E-state index is 11.5. The fourth-order valence-electron chi connectivity index (χ4n) is 3.44. The van der Waals surface area contributed by atoms with Gasteiger partial charge in [0.2, 0.25) is 5.91 Å². The highest BCUT2D eigenvalue weighted by molar-refractivity contribution is 5.93. The summed E-state index contributed by atoms with van der Waals surface area (Å²) in [6, 6.07) is 5.90. The second kappa shape index (κ2) is 8.11. The van der Waals surface area contributed by atoms with E-state index in [1.54, 1.807) is 13.2 Å². The van der Waals surface area contributed by atoms with Gasteiger partial charge in [0.1, 0.15) is 0 Å². The van der Waals surface area contributed by atoms with Gasteiger partial charge in [-0.15, -0.1) is 12.4 Å². The van der Waals surface area contributed by atoms with Crippen molar-refractivity contribution in [3.05, 3.63) is 34.9 Å². The van der Waals surface area contributed by atoms with Crippen molar-refractivity contribution in [2.75, 3.05) is 20.2 Å². The van der Waals surface area contributed by atoms with E-state index in [1.807, 2.05) is 12.1 Å². The van der Waals surface area contributed by atoms with Crippen molar-refractivity contribution in [3.8, 4) is 0 Å². The van der Waals surface area contributed by atoms with Crippen molar-refractivity contribution in [2.24, 2.45) is 11.5 Å². The first-order chi connectivity index (χ1) is 10.4. The van der Waals surface area contributed by atoms with Crippen LogP contribution in [0.15, 0.2) is 18.2 Å². The zero-order valence-corrected chi connectivity index (χ0v) is 14.9. The number of hydrogen-bond acceptors (Lipinski definition) is 4. The lowest BCUT2D eigenvalue weighted by atomic mass is 9.67. The molecule has 5 nitrogen and oxygen atoms in total. The van der Waals surface area contributed by atoms with Crippen LogP contribution in [0.4, 0.5) is 0 Å². The molecule has 0 aromatic heterocycles. The zero-order valence-electron chi connectivity index (χ0n) is 14.1. The molecule has 1 aromatic carbocycles. The van der Waals surface area contributed by atoms with Gasteiger partial charge >= 0.3 is 0 Å². The Labute approximate surface area is 144 Å². The third-order valence-electron chi connectivity index (χ3n) is 4.71. The number of methoxy groups -OCH3 is 1. The highest BCUT2D eigenvalue weighted by Crippen LogP contribution is 2.38. The smallest absolute Gasteiger partial charge is 0.248 e. The van der Waals surface area contributed by atoms with Gasteiger partial charge in [-0.2, -0.15) is 0 Å². The van der Waals surface area contributed by atoms with Crippen LogP contribution in [-0.2, 0) is 16.6 Å². The van der Waals surface area contributed by atoms with Crippen LogP contribution < -0.4 is 16.8 Å². The Morgan fingerprint density at radius 1 is 1.43 bits per heavy atom. The molecule has 5 N–H and O–H groups in total. The van der Waals surface area contributed by atoms with Crippen LogP contribution in [0, 0.1) is 0 Å². The topological polar surface area (TPSA) is 90.4 Å². The third-order valence-corrected chi connectivity index (χ3v) is 4.71. The van der Waals surface area contributed by atoms with Gasteiger partial charge in [0.15, 0.2) is 0 Å². The van der Waals surface area contributed by atoms with E-state index < -0.39 is 0 Å². The van der Waals surface area contributed by atoms with Crippen LogP contribution in [0.3, 0.4) is 0 Å². The average Bonchev–Trinajstić information content (AvgIpc) is 2.48. The average molecular weight is 342 g/mol. The lowest BCUT2D eigenvalue weighted by Gasteiger charge is -2.45. The van der Waals surface area contributed by atoms with Crippen molar-refractivity contribution >= 4 is 18.3 Å². The maximum absolute atomic E-state index is 11.5. The number of ether oxygens (including phenoxy) is 1. The molecule has 1 aliphatic carbocycles. The lowest BCUT2D eigenvalue weighted by Crippen LogP contribution is -2.57. The molecule has 1 aromatic rings. The highest BCUT2D eigenvalue weighted by Gasteiger charge is 2.42. The number of fused-ring (bicyclic) bond motifs is 1. The number of hydrogen-bond donors (Lipinski definition) is 3. The molecule has 0 aliphatic heterocycles. The molecule has 1 amide bonds. The van der Waals surface area contributed by atoms with E-state index in [0.717, 1.165) is 19.4 Å². The van der Waals surface area contributed by atoms with E-state index >= 15 is 0 Å². The number of nitrogens with two attached hydrogens (primary N) is 2. The van der Waals surface area contributed by atoms with E-state index in [-0.39, 0.29) is 35.9 Å². The molecule has 0 saturated carbocycles. The van der Waals surface area contributed by atoms with Gasteiger partial charge in [-0.3, -0.25) is 4.79 Å². The summed E-state index contributed by atoms with van der Waals surface area (Å²) in [5, 5.41) is 3.58. The molecule has 130 valence electrons. The largest absolute Gasteiger partial charge is 0.379 e. The molecule has 2 atom stereocenters. The summed E-state index contributed by atoms with van der Waals surface area (Å²) in [6.45, 7) is 5.89. The molecule has 0 radical (unpaired) electrons. The molecule has 2 rings (SSSR count). The maximum Gasteiger partial charge on any atom is 0.248 e. The standard InChI is InChI=1S/C17H27N3O2.ClH/c1-17(2)13-9-12(16(19)21)6-5-11(13)10-14(22-3)15(17)20-8-4-7-18;/h5-6,9,14-15,20H,4,7-8,10,18H2,1-3H3,(H2,19,21);1H/t14-,15+;/m1./s1. The number of rotatable bonds is 6. The number of carbonyl (C=O) groups excluding carboxylic acids is 1. The van der Waals surface area contributed by atoms with E-state index in [1.165, 1.54) is 11.1 Å². The Bertz CT molecular complexity index is 549. The predicted molar refractivity (Wildman–Crippen MR) is 95.2 cm³/mol. The van der Waals surface area contributed by atoms with Crippen LogP contribution in [-0.4, -0.2) is 38.3 Å². The Morgan fingerprint density at radius 3 is 2.70 bits per heavy atom. The molecule has 23 heavy (non-hydrogen) atoms. The normalized spacial score (nSPS) is 22.1. The Hall–Kier alpha value is -1.14. The van der Waals surface area contributed by atoms with Crippen molar-refractivity contribution < 1.29 is 9.53 Å². The summed E-state index contributed by atoms with van der Waals surface area (Å²) >= 11 is 0. The van der Waals surface area contributed by atoms with Gasteiger partial charge < -0.3 is 21.5 Å². The van der Waals surface area contributed by atoms with Crippen LogP contribution in [0.25, 0.3) is 0 Å². The molecule has 0 spiro atoms. The first-order valence-electron chi connectivity index (χ1n) is 7.81. The van der Waals surface area contributed by atoms with Crippen LogP contribution in [0.5, 0.6) is 0 Å². The predicted octanol–water partition coefficient (Wildman–Crippen LogP) is 1.36. The number of halogens is 1. The Morgan fingerprint density at radius 2 is 2.13 bits per heavy atom. The Kier molecular flexibility index (Phi) is 7.02. The Balaban J connectivity index is 0.00000264. The zero-order chi connectivity index (χ0) is 16.3. The molecule has 6 heteroatoms. The van der Waals surface area contributed by atoms with Gasteiger partial charge in [0.25, 0.3) is 0 Å². The van der Waals surface area contributed by atoms with Gasteiger partial charge in [-0.05, 0) is 42.8 Å². The molecule has 0 heterocycles. The number of amides is 1. The van der Waals surface area contributed by atoms with Gasteiger partial charge in [0, 0.05) is 30.6 Å². The fourth-order valence-corrected chi connectivity index (χ4v) is 3.44. The van der Waals surface area contributed by atoms with Crippen molar-refractivity contribution in [1.82, 2.24) is 5.32 Å². The van der Waals surface area contributed by atoms with E-state index in [0.29, 0.717) is 12.1 Å². The van der Waals surface area contributed by atoms with E-state index in [4.69, 9.17) is 16.2 Å². The van der Waals surface area contributed by atoms with E-state index in [2.05, 4.69) is 19.2 Å². The summed E-state index contributed by atoms with van der Waals surface area (Å²) in [5.41, 5.74) is 13.8. The summed E-state index contributed by atoms with van der Waals surface area (Å²) in [5.74, 6) is -0.389. The first kappa shape index (κ1) is 19.9. The van der Waals surface area contributed by atoms with Crippen molar-refractivity contribution in [3.63, 3.8) is 0 Å².